The number of anilines is 2. The van der Waals surface area contributed by atoms with Gasteiger partial charge in [0.15, 0.2) is 10.5 Å². The summed E-state index contributed by atoms with van der Waals surface area (Å²) >= 11 is 1.32. The minimum absolute atomic E-state index is 0.188. The van der Waals surface area contributed by atoms with E-state index in [2.05, 4.69) is 4.98 Å². The van der Waals surface area contributed by atoms with Crippen LogP contribution in [0.25, 0.3) is 0 Å². The number of para-hydroxylation sites is 1. The summed E-state index contributed by atoms with van der Waals surface area (Å²) in [6.07, 6.45) is 1.64. The molecule has 0 fully saturated rings. The molecule has 2 aromatic rings. The number of nitrogens with zero attached hydrogens (tertiary/aromatic N) is 2. The normalized spacial score (nSPS) is 19.1. The lowest BCUT2D eigenvalue weighted by atomic mass is 9.97. The Labute approximate surface area is 151 Å². The number of hydrogen-bond donors (Lipinski definition) is 0. The molecule has 25 heavy (non-hydrogen) atoms. The minimum atomic E-state index is -1.27. The maximum Gasteiger partial charge on any atom is 0.261 e. The van der Waals surface area contributed by atoms with Crippen molar-refractivity contribution in [3.63, 3.8) is 0 Å². The van der Waals surface area contributed by atoms with Crippen molar-refractivity contribution in [1.82, 2.24) is 4.98 Å². The number of hydrogen-bond acceptors (Lipinski definition) is 5. The van der Waals surface area contributed by atoms with Gasteiger partial charge in [-0.2, -0.15) is 0 Å². The highest BCUT2D eigenvalue weighted by molar-refractivity contribution is 8.01. The van der Waals surface area contributed by atoms with Crippen molar-refractivity contribution in [3.05, 3.63) is 54.2 Å². The van der Waals surface area contributed by atoms with E-state index in [9.17, 15) is 9.59 Å². The molecule has 0 aliphatic carbocycles. The fourth-order valence-corrected chi connectivity index (χ4v) is 4.26. The van der Waals surface area contributed by atoms with Crippen molar-refractivity contribution < 1.29 is 14.3 Å². The number of fused-ring (bicyclic) bond motifs is 1. The first-order valence-electron chi connectivity index (χ1n) is 8.20. The Hall–Kier alpha value is -2.18. The molecule has 1 aromatic carbocycles. The molecular weight excluding hydrogens is 336 g/mol. The van der Waals surface area contributed by atoms with Gasteiger partial charge in [-0.3, -0.25) is 14.5 Å². The number of ketones is 1. The largest absolute Gasteiger partial charge is 0.381 e. The molecule has 0 spiro atoms. The lowest BCUT2D eigenvalue weighted by Crippen LogP contribution is -2.41. The van der Waals surface area contributed by atoms with E-state index in [1.807, 2.05) is 43.3 Å². The maximum atomic E-state index is 13.4. The summed E-state index contributed by atoms with van der Waals surface area (Å²) in [5.74, 6) is 0.627. The van der Waals surface area contributed by atoms with Gasteiger partial charge in [0, 0.05) is 24.1 Å². The first-order chi connectivity index (χ1) is 12.1. The number of benzene rings is 1. The summed E-state index contributed by atoms with van der Waals surface area (Å²) in [5.41, 5.74) is 1.36. The van der Waals surface area contributed by atoms with Gasteiger partial charge in [0.05, 0.1) is 12.3 Å². The van der Waals surface area contributed by atoms with E-state index in [-0.39, 0.29) is 11.7 Å². The molecule has 0 saturated heterocycles. The van der Waals surface area contributed by atoms with E-state index in [1.54, 1.807) is 17.2 Å². The third-order valence-electron chi connectivity index (χ3n) is 4.14. The second-order valence-electron chi connectivity index (χ2n) is 5.63. The van der Waals surface area contributed by atoms with Crippen LogP contribution in [-0.2, 0) is 19.1 Å². The SMILES string of the molecule is CCOCCSC1(C(C)=O)C(=O)N(c2ccccc2)c2ncccc21. The lowest BCUT2D eigenvalue weighted by molar-refractivity contribution is -0.128. The van der Waals surface area contributed by atoms with E-state index >= 15 is 0 Å². The number of ether oxygens (including phenoxy) is 1. The van der Waals surface area contributed by atoms with Gasteiger partial charge in [0.2, 0.25) is 0 Å². The Morgan fingerprint density at radius 3 is 2.68 bits per heavy atom. The van der Waals surface area contributed by atoms with Gasteiger partial charge in [-0.05, 0) is 32.0 Å². The number of rotatable bonds is 7. The van der Waals surface area contributed by atoms with Crippen molar-refractivity contribution in [2.75, 3.05) is 23.9 Å². The smallest absolute Gasteiger partial charge is 0.261 e. The molecule has 1 aliphatic heterocycles. The second-order valence-corrected chi connectivity index (χ2v) is 6.94. The van der Waals surface area contributed by atoms with Gasteiger partial charge in [0.25, 0.3) is 5.91 Å². The molecule has 2 heterocycles. The first-order valence-corrected chi connectivity index (χ1v) is 9.19. The van der Waals surface area contributed by atoms with E-state index in [1.165, 1.54) is 18.7 Å². The van der Waals surface area contributed by atoms with Gasteiger partial charge in [0.1, 0.15) is 5.82 Å². The molecule has 1 unspecified atom stereocenters. The number of carbonyl (C=O) groups is 2. The Bertz CT molecular complexity index is 781. The molecule has 6 heteroatoms. The monoisotopic (exact) mass is 356 g/mol. The van der Waals surface area contributed by atoms with E-state index in [0.717, 1.165) is 0 Å². The highest BCUT2D eigenvalue weighted by Gasteiger charge is 2.56. The molecule has 1 atom stereocenters. The maximum absolute atomic E-state index is 13.4. The van der Waals surface area contributed by atoms with Crippen LogP contribution in [0.3, 0.4) is 0 Å². The summed E-state index contributed by atoms with van der Waals surface area (Å²) in [5, 5.41) is 0. The molecule has 5 nitrogen and oxygen atoms in total. The zero-order valence-corrected chi connectivity index (χ0v) is 15.1. The average molecular weight is 356 g/mol. The average Bonchev–Trinajstić information content (AvgIpc) is 2.89. The third kappa shape index (κ3) is 2.96. The Balaban J connectivity index is 2.07. The number of amides is 1. The zero-order chi connectivity index (χ0) is 17.9. The van der Waals surface area contributed by atoms with Gasteiger partial charge in [-0.25, -0.2) is 4.98 Å². The molecular formula is C19H20N2O3S. The summed E-state index contributed by atoms with van der Waals surface area (Å²) < 4.78 is 4.11. The highest BCUT2D eigenvalue weighted by Crippen LogP contribution is 2.50. The molecule has 0 N–H and O–H groups in total. The first kappa shape index (κ1) is 17.6. The second kappa shape index (κ2) is 7.37. The van der Waals surface area contributed by atoms with Crippen LogP contribution in [0.2, 0.25) is 0 Å². The van der Waals surface area contributed by atoms with Gasteiger partial charge >= 0.3 is 0 Å². The van der Waals surface area contributed by atoms with Crippen molar-refractivity contribution in [3.8, 4) is 0 Å². The van der Waals surface area contributed by atoms with Crippen LogP contribution in [-0.4, -0.2) is 35.6 Å². The van der Waals surface area contributed by atoms with Crippen molar-refractivity contribution in [2.24, 2.45) is 0 Å². The van der Waals surface area contributed by atoms with Crippen LogP contribution in [0.5, 0.6) is 0 Å². The summed E-state index contributed by atoms with van der Waals surface area (Å²) in [6, 6.07) is 12.9. The van der Waals surface area contributed by atoms with Gasteiger partial charge in [-0.1, -0.05) is 24.3 Å². The zero-order valence-electron chi connectivity index (χ0n) is 14.3. The number of aromatic nitrogens is 1. The van der Waals surface area contributed by atoms with Crippen molar-refractivity contribution in [1.29, 1.82) is 0 Å². The van der Waals surface area contributed by atoms with Crippen LogP contribution in [0.15, 0.2) is 48.7 Å². The van der Waals surface area contributed by atoms with Crippen LogP contribution >= 0.6 is 11.8 Å². The predicted molar refractivity (Wildman–Crippen MR) is 99.1 cm³/mol. The molecule has 1 amide bonds. The fraction of sp³-hybridized carbons (Fsp3) is 0.316. The third-order valence-corrected chi connectivity index (χ3v) is 5.63. The molecule has 3 rings (SSSR count). The van der Waals surface area contributed by atoms with E-state index in [4.69, 9.17) is 4.74 Å². The predicted octanol–water partition coefficient (Wildman–Crippen LogP) is 3.31. The topological polar surface area (TPSA) is 59.5 Å². The van der Waals surface area contributed by atoms with Crippen LogP contribution in [0.4, 0.5) is 11.5 Å². The molecule has 130 valence electrons. The molecule has 0 radical (unpaired) electrons. The van der Waals surface area contributed by atoms with Crippen LogP contribution in [0.1, 0.15) is 19.4 Å². The minimum Gasteiger partial charge on any atom is -0.381 e. The Morgan fingerprint density at radius 2 is 2.00 bits per heavy atom. The Kier molecular flexibility index (Phi) is 5.20. The van der Waals surface area contributed by atoms with Crippen molar-refractivity contribution in [2.45, 2.75) is 18.6 Å². The van der Waals surface area contributed by atoms with E-state index < -0.39 is 4.75 Å². The summed E-state index contributed by atoms with van der Waals surface area (Å²) in [4.78, 5) is 32.0. The highest BCUT2D eigenvalue weighted by atomic mass is 32.2. The number of thioether (sulfide) groups is 1. The van der Waals surface area contributed by atoms with E-state index in [0.29, 0.717) is 36.0 Å². The number of Topliss-reactive ketones (excluding diaryl/α,β-unsaturated/α-hetero) is 1. The number of pyridine rings is 1. The van der Waals surface area contributed by atoms with Gasteiger partial charge in [-0.15, -0.1) is 11.8 Å². The lowest BCUT2D eigenvalue weighted by Gasteiger charge is -2.25. The molecule has 0 saturated carbocycles. The van der Waals surface area contributed by atoms with Crippen molar-refractivity contribution >= 4 is 35.0 Å². The molecule has 1 aliphatic rings. The quantitative estimate of drug-likeness (QED) is 0.563. The molecule has 1 aromatic heterocycles. The standard InChI is InChI=1S/C19H20N2O3S/c1-3-24-12-13-25-19(14(2)22)16-10-7-11-20-17(16)21(18(19)23)15-8-5-4-6-9-15/h4-11H,3,12-13H2,1-2H3. The summed E-state index contributed by atoms with van der Waals surface area (Å²) in [7, 11) is 0. The summed E-state index contributed by atoms with van der Waals surface area (Å²) in [6.45, 7) is 4.49. The van der Waals surface area contributed by atoms with Crippen LogP contribution in [0, 0.1) is 0 Å². The van der Waals surface area contributed by atoms with Gasteiger partial charge < -0.3 is 4.74 Å². The fourth-order valence-electron chi connectivity index (χ4n) is 3.01. The number of carbonyl (C=O) groups excluding carboxylic acids is 2. The van der Waals surface area contributed by atoms with Crippen LogP contribution < -0.4 is 4.90 Å². The Morgan fingerprint density at radius 1 is 1.24 bits per heavy atom. The molecule has 0 bridgehead atoms.